The first-order valence-corrected chi connectivity index (χ1v) is 7.33. The molecule has 4 nitrogen and oxygen atoms in total. The molecule has 0 spiro atoms. The molecule has 0 amide bonds. The van der Waals surface area contributed by atoms with E-state index in [1.54, 1.807) is 19.2 Å². The summed E-state index contributed by atoms with van der Waals surface area (Å²) in [5.41, 5.74) is 3.05. The lowest BCUT2D eigenvalue weighted by Crippen LogP contribution is -2.39. The quantitative estimate of drug-likeness (QED) is 0.872. The summed E-state index contributed by atoms with van der Waals surface area (Å²) in [5, 5.41) is 6.35. The normalized spacial score (nSPS) is 18.5. The Labute approximate surface area is 137 Å². The van der Waals surface area contributed by atoms with Gasteiger partial charge in [-0.15, -0.1) is 13.2 Å². The molecule has 0 aromatic heterocycles. The van der Waals surface area contributed by atoms with Gasteiger partial charge in [0.1, 0.15) is 17.8 Å². The van der Waals surface area contributed by atoms with Crippen LogP contribution in [0.5, 0.6) is 5.75 Å². The van der Waals surface area contributed by atoms with Crippen molar-refractivity contribution in [2.24, 2.45) is 4.99 Å². The van der Waals surface area contributed by atoms with E-state index in [0.717, 1.165) is 16.8 Å². The molecular formula is C17H16F3N3O. The molecule has 1 aliphatic heterocycles. The van der Waals surface area contributed by atoms with Crippen molar-refractivity contribution in [2.45, 2.75) is 19.5 Å². The Morgan fingerprint density at radius 2 is 1.79 bits per heavy atom. The molecule has 0 radical (unpaired) electrons. The highest BCUT2D eigenvalue weighted by Gasteiger charge is 2.34. The molecule has 2 N–H and O–H groups in total. The molecule has 2 aromatic rings. The molecule has 3 rings (SSSR count). The van der Waals surface area contributed by atoms with Crippen LogP contribution in [0.25, 0.3) is 0 Å². The highest BCUT2D eigenvalue weighted by Crippen LogP contribution is 2.35. The summed E-state index contributed by atoms with van der Waals surface area (Å²) < 4.78 is 42.1. The number of nitrogens with zero attached hydrogens (tertiary/aromatic N) is 1. The van der Waals surface area contributed by atoms with E-state index in [1.165, 1.54) is 12.1 Å². The molecule has 1 aliphatic rings. The Morgan fingerprint density at radius 1 is 1.04 bits per heavy atom. The second-order valence-corrected chi connectivity index (χ2v) is 5.38. The Bertz CT molecular complexity index is 787. The molecular weight excluding hydrogens is 319 g/mol. The van der Waals surface area contributed by atoms with Crippen LogP contribution in [0.2, 0.25) is 0 Å². The third-order valence-corrected chi connectivity index (χ3v) is 3.78. The number of hydrogen-bond donors (Lipinski definition) is 2. The first-order valence-electron chi connectivity index (χ1n) is 7.33. The highest BCUT2D eigenvalue weighted by molar-refractivity contribution is 6.06. The second-order valence-electron chi connectivity index (χ2n) is 5.38. The van der Waals surface area contributed by atoms with Gasteiger partial charge in [0.25, 0.3) is 0 Å². The largest absolute Gasteiger partial charge is 0.573 e. The van der Waals surface area contributed by atoms with E-state index >= 15 is 0 Å². The van der Waals surface area contributed by atoms with Crippen molar-refractivity contribution in [3.05, 3.63) is 59.2 Å². The standard InChI is InChI=1S/C17H16F3N3O/c1-10-6-5-8-12-14(10)22-16(23-15(12)21-2)11-7-3-4-9-13(11)24-17(18,19)20/h3-9,16,22H,1-2H3,(H,21,23). The van der Waals surface area contributed by atoms with Gasteiger partial charge in [0.2, 0.25) is 0 Å². The Hall–Kier alpha value is -2.70. The third-order valence-electron chi connectivity index (χ3n) is 3.78. The second kappa shape index (κ2) is 6.07. The van der Waals surface area contributed by atoms with Crippen molar-refractivity contribution in [1.82, 2.24) is 5.32 Å². The van der Waals surface area contributed by atoms with Gasteiger partial charge in [0.05, 0.1) is 0 Å². The molecule has 2 aromatic carbocycles. The lowest BCUT2D eigenvalue weighted by atomic mass is 10.0. The molecule has 0 saturated heterocycles. The molecule has 1 atom stereocenters. The Morgan fingerprint density at radius 3 is 2.50 bits per heavy atom. The Balaban J connectivity index is 2.02. The van der Waals surface area contributed by atoms with Crippen LogP contribution in [0, 0.1) is 6.92 Å². The molecule has 0 bridgehead atoms. The van der Waals surface area contributed by atoms with Crippen molar-refractivity contribution in [2.75, 3.05) is 12.4 Å². The number of aryl methyl sites for hydroxylation is 1. The van der Waals surface area contributed by atoms with Gasteiger partial charge in [0, 0.05) is 23.9 Å². The van der Waals surface area contributed by atoms with Crippen LogP contribution >= 0.6 is 0 Å². The Kier molecular flexibility index (Phi) is 4.09. The van der Waals surface area contributed by atoms with Crippen molar-refractivity contribution in [3.8, 4) is 5.75 Å². The molecule has 1 unspecified atom stereocenters. The van der Waals surface area contributed by atoms with Gasteiger partial charge in [-0.1, -0.05) is 30.3 Å². The number of aliphatic imine (C=N–C) groups is 1. The van der Waals surface area contributed by atoms with Crippen LogP contribution in [0.15, 0.2) is 47.5 Å². The molecule has 0 saturated carbocycles. The average molecular weight is 335 g/mol. The van der Waals surface area contributed by atoms with Gasteiger partial charge in [-0.2, -0.15) is 0 Å². The van der Waals surface area contributed by atoms with Crippen LogP contribution in [0.3, 0.4) is 0 Å². The monoisotopic (exact) mass is 335 g/mol. The van der Waals surface area contributed by atoms with E-state index in [2.05, 4.69) is 20.4 Å². The van der Waals surface area contributed by atoms with Gasteiger partial charge in [-0.05, 0) is 24.6 Å². The minimum atomic E-state index is -4.75. The summed E-state index contributed by atoms with van der Waals surface area (Å²) in [6.45, 7) is 1.93. The van der Waals surface area contributed by atoms with Gasteiger partial charge < -0.3 is 15.4 Å². The molecule has 24 heavy (non-hydrogen) atoms. The van der Waals surface area contributed by atoms with E-state index in [0.29, 0.717) is 11.4 Å². The zero-order valence-electron chi connectivity index (χ0n) is 13.1. The topological polar surface area (TPSA) is 45.7 Å². The van der Waals surface area contributed by atoms with E-state index in [4.69, 9.17) is 0 Å². The molecule has 1 heterocycles. The maximum atomic E-state index is 12.6. The van der Waals surface area contributed by atoms with Crippen LogP contribution < -0.4 is 15.4 Å². The van der Waals surface area contributed by atoms with E-state index < -0.39 is 12.5 Å². The minimum absolute atomic E-state index is 0.248. The third kappa shape index (κ3) is 3.15. The fourth-order valence-corrected chi connectivity index (χ4v) is 2.73. The summed E-state index contributed by atoms with van der Waals surface area (Å²) >= 11 is 0. The number of halogens is 3. The summed E-state index contributed by atoms with van der Waals surface area (Å²) in [6, 6.07) is 11.8. The van der Waals surface area contributed by atoms with Crippen LogP contribution in [-0.2, 0) is 0 Å². The zero-order valence-corrected chi connectivity index (χ0v) is 13.1. The van der Waals surface area contributed by atoms with Crippen molar-refractivity contribution >= 4 is 11.5 Å². The number of hydrogen-bond acceptors (Lipinski definition) is 3. The van der Waals surface area contributed by atoms with E-state index in [-0.39, 0.29) is 5.75 Å². The number of alkyl halides is 3. The summed E-state index contributed by atoms with van der Waals surface area (Å²) in [7, 11) is 1.63. The number of anilines is 1. The van der Waals surface area contributed by atoms with Crippen molar-refractivity contribution in [3.63, 3.8) is 0 Å². The number of para-hydroxylation sites is 2. The number of amidine groups is 1. The lowest BCUT2D eigenvalue weighted by molar-refractivity contribution is -0.275. The number of benzene rings is 2. The summed E-state index contributed by atoms with van der Waals surface area (Å²) in [4.78, 5) is 4.21. The highest BCUT2D eigenvalue weighted by atomic mass is 19.4. The number of rotatable bonds is 2. The molecule has 126 valence electrons. The summed E-state index contributed by atoms with van der Waals surface area (Å²) in [6.07, 6.45) is -5.34. The molecule has 7 heteroatoms. The maximum Gasteiger partial charge on any atom is 0.573 e. The minimum Gasteiger partial charge on any atom is -0.405 e. The predicted molar refractivity (Wildman–Crippen MR) is 86.3 cm³/mol. The van der Waals surface area contributed by atoms with Crippen molar-refractivity contribution in [1.29, 1.82) is 0 Å². The number of fused-ring (bicyclic) bond motifs is 1. The maximum absolute atomic E-state index is 12.6. The number of ether oxygens (including phenoxy) is 1. The van der Waals surface area contributed by atoms with Crippen LogP contribution in [0.4, 0.5) is 18.9 Å². The van der Waals surface area contributed by atoms with E-state index in [9.17, 15) is 13.2 Å². The molecule has 0 fully saturated rings. The van der Waals surface area contributed by atoms with Gasteiger partial charge >= 0.3 is 6.36 Å². The van der Waals surface area contributed by atoms with Crippen LogP contribution in [-0.4, -0.2) is 19.2 Å². The molecule has 0 aliphatic carbocycles. The smallest absolute Gasteiger partial charge is 0.405 e. The first-order chi connectivity index (χ1) is 11.4. The van der Waals surface area contributed by atoms with Crippen LogP contribution in [0.1, 0.15) is 22.9 Å². The van der Waals surface area contributed by atoms with Crippen molar-refractivity contribution < 1.29 is 17.9 Å². The SMILES string of the molecule is CN=C1NC(c2ccccc2OC(F)(F)F)Nc2c(C)cccc21. The zero-order chi connectivity index (χ0) is 17.3. The van der Waals surface area contributed by atoms with Gasteiger partial charge in [-0.3, -0.25) is 4.99 Å². The number of nitrogens with one attached hydrogen (secondary N) is 2. The van der Waals surface area contributed by atoms with Gasteiger partial charge in [0.15, 0.2) is 0 Å². The van der Waals surface area contributed by atoms with Gasteiger partial charge in [-0.25, -0.2) is 0 Å². The lowest BCUT2D eigenvalue weighted by Gasteiger charge is -2.32. The van der Waals surface area contributed by atoms with E-state index in [1.807, 2.05) is 25.1 Å². The fraction of sp³-hybridized carbons (Fsp3) is 0.235. The average Bonchev–Trinajstić information content (AvgIpc) is 2.53. The predicted octanol–water partition coefficient (Wildman–Crippen LogP) is 3.98. The fourth-order valence-electron chi connectivity index (χ4n) is 2.73. The first kappa shape index (κ1) is 16.2. The summed E-state index contributed by atoms with van der Waals surface area (Å²) in [5.74, 6) is 0.363.